The van der Waals surface area contributed by atoms with Crippen LogP contribution < -0.4 is 26.4 Å². The molecule has 1 heterocycles. The van der Waals surface area contributed by atoms with Crippen molar-refractivity contribution in [2.75, 3.05) is 18.0 Å². The zero-order chi connectivity index (χ0) is 25.8. The van der Waals surface area contributed by atoms with E-state index in [1.165, 1.54) is 160 Å². The highest BCUT2D eigenvalue weighted by Gasteiger charge is 2.56. The quantitative estimate of drug-likeness (QED) is 0.117. The third kappa shape index (κ3) is 9.52. The number of hydrogen-bond donors (Lipinski definition) is 0. The van der Waals surface area contributed by atoms with Crippen molar-refractivity contribution in [1.29, 1.82) is 0 Å². The fourth-order valence-electron chi connectivity index (χ4n) is 8.57. The molecule has 38 heavy (non-hydrogen) atoms. The average Bonchev–Trinajstić information content (AvgIpc) is 2.90. The third-order valence-electron chi connectivity index (χ3n) is 10.3. The van der Waals surface area contributed by atoms with Gasteiger partial charge in [-0.05, 0) is 49.9 Å². The number of aromatic nitrogens is 1. The zero-order valence-electron chi connectivity index (χ0n) is 25.3. The van der Waals surface area contributed by atoms with Gasteiger partial charge in [0.15, 0.2) is 17.9 Å². The largest absolute Gasteiger partial charge is 1.00 e. The van der Waals surface area contributed by atoms with Crippen molar-refractivity contribution in [2.45, 2.75) is 161 Å². The van der Waals surface area contributed by atoms with E-state index in [1.54, 1.807) is 0 Å². The topological polar surface area (TPSA) is 7.12 Å². The molecule has 4 aliphatic rings. The maximum atomic E-state index is 2.73. The molecule has 4 aliphatic carbocycles. The van der Waals surface area contributed by atoms with E-state index in [0.29, 0.717) is 5.54 Å². The van der Waals surface area contributed by atoms with Crippen molar-refractivity contribution in [3.63, 3.8) is 0 Å². The van der Waals surface area contributed by atoms with E-state index in [-0.39, 0.29) is 17.0 Å². The van der Waals surface area contributed by atoms with Gasteiger partial charge >= 0.3 is 0 Å². The molecule has 5 rings (SSSR count). The number of halogens is 1. The summed E-state index contributed by atoms with van der Waals surface area (Å²) in [7, 11) is 0. The summed E-state index contributed by atoms with van der Waals surface area (Å²) in [5.74, 6) is 3.04. The van der Waals surface area contributed by atoms with Gasteiger partial charge in [0.1, 0.15) is 0 Å². The van der Waals surface area contributed by atoms with Gasteiger partial charge in [-0.3, -0.25) is 0 Å². The van der Waals surface area contributed by atoms with Crippen LogP contribution >= 0.6 is 0 Å². The predicted molar refractivity (Wildman–Crippen MR) is 160 cm³/mol. The van der Waals surface area contributed by atoms with Crippen LogP contribution in [-0.2, 0) is 5.54 Å². The summed E-state index contributed by atoms with van der Waals surface area (Å²) in [6.45, 7) is 7.12. The Morgan fingerprint density at radius 2 is 0.974 bits per heavy atom. The molecule has 0 spiro atoms. The van der Waals surface area contributed by atoms with Crippen molar-refractivity contribution in [2.24, 2.45) is 17.8 Å². The van der Waals surface area contributed by atoms with Crippen LogP contribution in [-0.4, -0.2) is 13.1 Å². The van der Waals surface area contributed by atoms with Crippen molar-refractivity contribution in [3.8, 4) is 0 Å². The predicted octanol–water partition coefficient (Wildman–Crippen LogP) is 6.99. The molecule has 0 radical (unpaired) electrons. The zero-order valence-corrected chi connectivity index (χ0v) is 26.9. The summed E-state index contributed by atoms with van der Waals surface area (Å²) in [4.78, 5) is 2.73. The molecule has 1 aromatic rings. The van der Waals surface area contributed by atoms with Crippen LogP contribution in [0.25, 0.3) is 0 Å². The molecule has 3 heteroatoms. The van der Waals surface area contributed by atoms with Crippen molar-refractivity contribution in [3.05, 3.63) is 24.5 Å². The Kier molecular flexibility index (Phi) is 14.5. The standard InChI is InChI=1S/C35H61N2.BrH/c1-3-5-7-9-11-13-15-17-21-36(22-18-16-14-12-10-8-6-4-2)34-19-23-37(24-20-34)35-28-31-25-32(29-35)27-33(26-31)30-35;/h19-20,23-24,31-33H,3-18,21-22,25-30H2,1-2H3;1H/q+1;/p-1. The number of nitrogens with zero attached hydrogens (tertiary/aromatic N) is 2. The SMILES string of the molecule is CCCCCCCCCCN(CCCCCCCCCC)c1cc[n+](C23CC4CC(CC(C4)C2)C3)cc1.[Br-]. The first-order valence-electron chi connectivity index (χ1n) is 17.0. The summed E-state index contributed by atoms with van der Waals surface area (Å²) in [5, 5.41) is 0. The van der Waals surface area contributed by atoms with Gasteiger partial charge in [-0.1, -0.05) is 104 Å². The molecular formula is C35H61BrN2. The first-order chi connectivity index (χ1) is 18.2. The molecule has 0 atom stereocenters. The van der Waals surface area contributed by atoms with Gasteiger partial charge in [-0.25, -0.2) is 0 Å². The van der Waals surface area contributed by atoms with Crippen molar-refractivity contribution >= 4 is 5.69 Å². The monoisotopic (exact) mass is 588 g/mol. The average molecular weight is 590 g/mol. The van der Waals surface area contributed by atoms with Crippen LogP contribution in [0.2, 0.25) is 0 Å². The van der Waals surface area contributed by atoms with Gasteiger partial charge in [0.2, 0.25) is 0 Å². The van der Waals surface area contributed by atoms with E-state index in [1.807, 2.05) is 0 Å². The second-order valence-corrected chi connectivity index (χ2v) is 13.5. The Hall–Kier alpha value is -0.570. The molecule has 0 amide bonds. The van der Waals surface area contributed by atoms with Gasteiger partial charge in [-0.15, -0.1) is 0 Å². The van der Waals surface area contributed by atoms with Gasteiger partial charge < -0.3 is 21.9 Å². The summed E-state index contributed by atoms with van der Waals surface area (Å²) in [6, 6.07) is 4.96. The Morgan fingerprint density at radius 1 is 0.605 bits per heavy atom. The minimum Gasteiger partial charge on any atom is -1.00 e. The van der Waals surface area contributed by atoms with E-state index >= 15 is 0 Å². The molecule has 0 aliphatic heterocycles. The molecule has 2 nitrogen and oxygen atoms in total. The minimum atomic E-state index is 0. The van der Waals surface area contributed by atoms with E-state index in [0.717, 1.165) is 17.8 Å². The van der Waals surface area contributed by atoms with E-state index in [9.17, 15) is 0 Å². The van der Waals surface area contributed by atoms with Crippen molar-refractivity contribution in [1.82, 2.24) is 0 Å². The second-order valence-electron chi connectivity index (χ2n) is 13.5. The van der Waals surface area contributed by atoms with E-state index in [4.69, 9.17) is 0 Å². The molecule has 1 aromatic heterocycles. The molecule has 0 unspecified atom stereocenters. The fraction of sp³-hybridized carbons (Fsp3) is 0.857. The lowest BCUT2D eigenvalue weighted by Gasteiger charge is -2.53. The van der Waals surface area contributed by atoms with Crippen LogP contribution in [0.5, 0.6) is 0 Å². The summed E-state index contributed by atoms with van der Waals surface area (Å²) >= 11 is 0. The fourth-order valence-corrected chi connectivity index (χ4v) is 8.57. The van der Waals surface area contributed by atoms with Gasteiger partial charge in [0.05, 0.1) is 0 Å². The van der Waals surface area contributed by atoms with Crippen LogP contribution in [0.15, 0.2) is 24.5 Å². The maximum Gasteiger partial charge on any atom is 0.171 e. The van der Waals surface area contributed by atoms with E-state index < -0.39 is 0 Å². The molecule has 4 fully saturated rings. The first-order valence-corrected chi connectivity index (χ1v) is 17.0. The summed E-state index contributed by atoms with van der Waals surface area (Å²) < 4.78 is 2.67. The molecular weight excluding hydrogens is 528 g/mol. The lowest BCUT2D eigenvalue weighted by atomic mass is 9.53. The number of unbranched alkanes of at least 4 members (excludes halogenated alkanes) is 14. The van der Waals surface area contributed by atoms with Crippen LogP contribution in [0.4, 0.5) is 5.69 Å². The third-order valence-corrected chi connectivity index (χ3v) is 10.3. The first kappa shape index (κ1) is 32.0. The minimum absolute atomic E-state index is 0. The normalized spacial score (nSPS) is 25.5. The van der Waals surface area contributed by atoms with E-state index in [2.05, 4.69) is 47.8 Å². The lowest BCUT2D eigenvalue weighted by Crippen LogP contribution is -3.00. The summed E-state index contributed by atoms with van der Waals surface area (Å²) in [5.41, 5.74) is 1.93. The van der Waals surface area contributed by atoms with Crippen LogP contribution in [0.1, 0.15) is 155 Å². The highest BCUT2D eigenvalue weighted by molar-refractivity contribution is 5.43. The van der Waals surface area contributed by atoms with Crippen LogP contribution in [0.3, 0.4) is 0 Å². The number of anilines is 1. The molecule has 0 aromatic carbocycles. The second kappa shape index (κ2) is 17.3. The summed E-state index contributed by atoms with van der Waals surface area (Å²) in [6.07, 6.45) is 36.5. The molecule has 4 bridgehead atoms. The van der Waals surface area contributed by atoms with Gasteiger partial charge in [-0.2, -0.15) is 4.57 Å². The van der Waals surface area contributed by atoms with Crippen LogP contribution in [0, 0.1) is 17.8 Å². The Balaban J connectivity index is 0.00000400. The number of pyridine rings is 1. The van der Waals surface area contributed by atoms with Crippen molar-refractivity contribution < 1.29 is 21.5 Å². The maximum absolute atomic E-state index is 2.73. The Morgan fingerprint density at radius 3 is 1.37 bits per heavy atom. The number of hydrogen-bond acceptors (Lipinski definition) is 1. The molecule has 218 valence electrons. The molecule has 0 saturated heterocycles. The molecule has 0 N–H and O–H groups in total. The number of rotatable bonds is 20. The smallest absolute Gasteiger partial charge is 0.171 e. The lowest BCUT2D eigenvalue weighted by molar-refractivity contribution is -0.776. The van der Waals surface area contributed by atoms with Gasteiger partial charge in [0, 0.05) is 50.2 Å². The Bertz CT molecular complexity index is 690. The highest BCUT2D eigenvalue weighted by Crippen LogP contribution is 2.56. The molecule has 4 saturated carbocycles. The van der Waals surface area contributed by atoms with Gasteiger partial charge in [0.25, 0.3) is 0 Å². The highest BCUT2D eigenvalue weighted by atomic mass is 79.9. The Labute approximate surface area is 247 Å².